The summed E-state index contributed by atoms with van der Waals surface area (Å²) >= 11 is 0. The highest BCUT2D eigenvalue weighted by molar-refractivity contribution is 6.07. The van der Waals surface area contributed by atoms with E-state index < -0.39 is 0 Å². The lowest BCUT2D eigenvalue weighted by molar-refractivity contribution is -0.520. The number of imidazole rings is 1. The first-order chi connectivity index (χ1) is 13.8. The topological polar surface area (TPSA) is 91.8 Å². The van der Waals surface area contributed by atoms with E-state index in [-0.39, 0.29) is 5.91 Å². The van der Waals surface area contributed by atoms with E-state index in [0.717, 1.165) is 27.8 Å². The van der Waals surface area contributed by atoms with Crippen molar-refractivity contribution in [1.29, 1.82) is 0 Å². The van der Waals surface area contributed by atoms with Gasteiger partial charge in [-0.3, -0.25) is 9.89 Å². The first-order valence-electron chi connectivity index (χ1n) is 8.99. The van der Waals surface area contributed by atoms with Crippen molar-refractivity contribution >= 4 is 28.0 Å². The highest BCUT2D eigenvalue weighted by Gasteiger charge is 2.24. The van der Waals surface area contributed by atoms with E-state index in [9.17, 15) is 4.79 Å². The molecule has 1 amide bonds. The van der Waals surface area contributed by atoms with Crippen LogP contribution >= 0.6 is 0 Å². The average Bonchev–Trinajstić information content (AvgIpc) is 3.33. The summed E-state index contributed by atoms with van der Waals surface area (Å²) in [6, 6.07) is 15.5. The van der Waals surface area contributed by atoms with E-state index in [1.54, 1.807) is 6.20 Å². The maximum atomic E-state index is 13.0. The van der Waals surface area contributed by atoms with Crippen LogP contribution in [0.25, 0.3) is 16.4 Å². The van der Waals surface area contributed by atoms with Crippen LogP contribution in [0.2, 0.25) is 0 Å². The third-order valence-electron chi connectivity index (χ3n) is 4.75. The van der Waals surface area contributed by atoms with Gasteiger partial charge in [0.25, 0.3) is 11.7 Å². The summed E-state index contributed by atoms with van der Waals surface area (Å²) in [4.78, 5) is 19.4. The monoisotopic (exact) mass is 370 g/mol. The molecule has 0 aliphatic carbocycles. The van der Waals surface area contributed by atoms with E-state index in [1.807, 2.05) is 71.5 Å². The molecule has 4 N–H and O–H groups in total. The largest absolute Gasteiger partial charge is 0.319 e. The Kier molecular flexibility index (Phi) is 3.83. The number of anilines is 1. The minimum atomic E-state index is -0.187. The van der Waals surface area contributed by atoms with Gasteiger partial charge in [-0.05, 0) is 36.4 Å². The number of carbonyl (C=O) groups is 1. The molecule has 136 valence electrons. The number of hydrogen-bond donors (Lipinski definition) is 3. The summed E-state index contributed by atoms with van der Waals surface area (Å²) < 4.78 is 2.01. The average molecular weight is 370 g/mol. The number of fused-ring (bicyclic) bond motifs is 2. The lowest BCUT2D eigenvalue weighted by Crippen LogP contribution is -2.24. The van der Waals surface area contributed by atoms with Crippen molar-refractivity contribution in [2.24, 2.45) is 0 Å². The molecule has 4 aromatic heterocycles. The van der Waals surface area contributed by atoms with E-state index in [2.05, 4.69) is 25.5 Å². The van der Waals surface area contributed by atoms with Gasteiger partial charge in [-0.15, -0.1) is 0 Å². The number of benzene rings is 1. The first-order valence-corrected chi connectivity index (χ1v) is 8.99. The second-order valence-electron chi connectivity index (χ2n) is 6.62. The summed E-state index contributed by atoms with van der Waals surface area (Å²) in [5.74, 6) is 0.748. The van der Waals surface area contributed by atoms with Crippen LogP contribution in [0.3, 0.4) is 0 Å². The number of pyridine rings is 2. The number of aromatic nitrogens is 5. The predicted molar refractivity (Wildman–Crippen MR) is 104 cm³/mol. The molecule has 0 saturated heterocycles. The zero-order valence-corrected chi connectivity index (χ0v) is 14.9. The van der Waals surface area contributed by atoms with Crippen molar-refractivity contribution in [2.75, 3.05) is 5.32 Å². The Labute approximate surface area is 160 Å². The van der Waals surface area contributed by atoms with Crippen LogP contribution in [0.4, 0.5) is 5.69 Å². The van der Waals surface area contributed by atoms with E-state index in [0.29, 0.717) is 17.8 Å². The lowest BCUT2D eigenvalue weighted by Gasteiger charge is -2.02. The van der Waals surface area contributed by atoms with Crippen LogP contribution in [0, 0.1) is 0 Å². The van der Waals surface area contributed by atoms with Crippen LogP contribution in [-0.4, -0.2) is 21.1 Å². The number of carbonyl (C=O) groups excluding carboxylic acids is 1. The summed E-state index contributed by atoms with van der Waals surface area (Å²) in [6.45, 7) is 0. The lowest BCUT2D eigenvalue weighted by atomic mass is 10.2. The molecule has 5 rings (SSSR count). The molecule has 7 heteroatoms. The van der Waals surface area contributed by atoms with Gasteiger partial charge in [0.15, 0.2) is 17.9 Å². The minimum Gasteiger partial charge on any atom is -0.319 e. The van der Waals surface area contributed by atoms with Crippen molar-refractivity contribution in [2.45, 2.75) is 6.42 Å². The second-order valence-corrected chi connectivity index (χ2v) is 6.62. The Bertz CT molecular complexity index is 1290. The Morgan fingerprint density at radius 3 is 3.04 bits per heavy atom. The van der Waals surface area contributed by atoms with E-state index in [4.69, 9.17) is 0 Å². The zero-order valence-electron chi connectivity index (χ0n) is 14.9. The van der Waals surface area contributed by atoms with Crippen molar-refractivity contribution in [3.8, 4) is 0 Å². The van der Waals surface area contributed by atoms with Crippen molar-refractivity contribution in [3.05, 3.63) is 90.4 Å². The van der Waals surface area contributed by atoms with Crippen LogP contribution < -0.4 is 14.7 Å². The van der Waals surface area contributed by atoms with E-state index in [1.165, 1.54) is 0 Å². The number of nitrogens with one attached hydrogen (secondary N) is 4. The Morgan fingerprint density at radius 2 is 2.14 bits per heavy atom. The number of rotatable bonds is 4. The fraction of sp³-hybridized carbons (Fsp3) is 0.0476. The summed E-state index contributed by atoms with van der Waals surface area (Å²) in [6.07, 6.45) is 8.22. The molecule has 0 saturated carbocycles. The Morgan fingerprint density at radius 1 is 1.18 bits per heavy atom. The van der Waals surface area contributed by atoms with Gasteiger partial charge in [-0.25, -0.2) is 9.97 Å². The molecular weight excluding hydrogens is 352 g/mol. The third kappa shape index (κ3) is 2.88. The molecule has 0 aliphatic heterocycles. The Hall–Kier alpha value is -4.00. The molecule has 1 aromatic carbocycles. The normalized spacial score (nSPS) is 11.1. The van der Waals surface area contributed by atoms with Crippen molar-refractivity contribution < 1.29 is 14.2 Å². The molecule has 0 aliphatic rings. The molecule has 0 spiro atoms. The molecule has 7 nitrogen and oxygen atoms in total. The maximum absolute atomic E-state index is 13.0. The standard InChI is InChI=1S/C21H16N6O/c28-21(24-16-7-6-15-13-23-26-17(15)11-16)20-18-5-1-2-9-27(18)19(25-20)10-14-4-3-8-22-12-14/h1-9,11-13H,10H2,(H2,23,24,26,28)/p+2. The molecule has 0 unspecified atom stereocenters. The molecule has 28 heavy (non-hydrogen) atoms. The fourth-order valence-electron chi connectivity index (χ4n) is 3.40. The number of aromatic amines is 3. The van der Waals surface area contributed by atoms with Gasteiger partial charge in [-0.2, -0.15) is 9.50 Å². The SMILES string of the molecule is O=C(Nc1ccc2cn[nH]c2c1)c1[nH]c(Cc2ccc[nH+]c2)[n+]2ccccc12. The smallest absolute Gasteiger partial charge is 0.299 e. The van der Waals surface area contributed by atoms with Crippen molar-refractivity contribution in [3.63, 3.8) is 0 Å². The summed E-state index contributed by atoms with van der Waals surface area (Å²) in [7, 11) is 0. The van der Waals surface area contributed by atoms with Gasteiger partial charge < -0.3 is 5.32 Å². The molecule has 0 fully saturated rings. The molecule has 0 bridgehead atoms. The van der Waals surface area contributed by atoms with Crippen LogP contribution in [0.15, 0.2) is 73.3 Å². The van der Waals surface area contributed by atoms with Gasteiger partial charge in [-0.1, -0.05) is 6.07 Å². The van der Waals surface area contributed by atoms with Crippen LogP contribution in [0.1, 0.15) is 21.9 Å². The number of hydrogen-bond acceptors (Lipinski definition) is 2. The van der Waals surface area contributed by atoms with Gasteiger partial charge >= 0.3 is 0 Å². The predicted octanol–water partition coefficient (Wildman–Crippen LogP) is 2.29. The first kappa shape index (κ1) is 16.2. The molecule has 0 radical (unpaired) electrons. The van der Waals surface area contributed by atoms with Crippen LogP contribution in [0.5, 0.6) is 0 Å². The molecule has 5 aromatic rings. The second kappa shape index (κ2) is 6.62. The summed E-state index contributed by atoms with van der Waals surface area (Å²) in [5.41, 5.74) is 4.07. The highest BCUT2D eigenvalue weighted by atomic mass is 16.1. The number of amides is 1. The number of H-pyrrole nitrogens is 3. The van der Waals surface area contributed by atoms with Crippen molar-refractivity contribution in [1.82, 2.24) is 15.2 Å². The molecule has 0 atom stereocenters. The zero-order chi connectivity index (χ0) is 18.9. The Balaban J connectivity index is 1.50. The summed E-state index contributed by atoms with van der Waals surface area (Å²) in [5, 5.41) is 10.9. The fourth-order valence-corrected chi connectivity index (χ4v) is 3.40. The highest BCUT2D eigenvalue weighted by Crippen LogP contribution is 2.18. The molecular formula is C21H18N6O+2. The minimum absolute atomic E-state index is 0.187. The van der Waals surface area contributed by atoms with Gasteiger partial charge in [0.2, 0.25) is 5.69 Å². The van der Waals surface area contributed by atoms with Gasteiger partial charge in [0, 0.05) is 22.7 Å². The van der Waals surface area contributed by atoms with Crippen LogP contribution in [-0.2, 0) is 6.42 Å². The van der Waals surface area contributed by atoms with Gasteiger partial charge in [0.1, 0.15) is 0 Å². The van der Waals surface area contributed by atoms with Gasteiger partial charge in [0.05, 0.1) is 24.3 Å². The number of nitrogens with zero attached hydrogens (tertiary/aromatic N) is 2. The molecule has 4 heterocycles. The van der Waals surface area contributed by atoms with E-state index >= 15 is 0 Å². The third-order valence-corrected chi connectivity index (χ3v) is 4.75. The maximum Gasteiger partial charge on any atom is 0.299 e. The quantitative estimate of drug-likeness (QED) is 0.424.